The molecule has 0 aliphatic rings. The maximum absolute atomic E-state index is 13.2. The van der Waals surface area contributed by atoms with E-state index in [1.54, 1.807) is 0 Å². The number of rotatable bonds is 48. The van der Waals surface area contributed by atoms with Crippen LogP contribution in [0, 0.1) is 0 Å². The molecule has 0 rings (SSSR count). The number of aliphatic hydroxyl groups is 2. The van der Waals surface area contributed by atoms with Crippen LogP contribution in [0.15, 0.2) is 12.2 Å². The first-order valence-corrected chi connectivity index (χ1v) is 26.4. The van der Waals surface area contributed by atoms with E-state index >= 15 is 0 Å². The van der Waals surface area contributed by atoms with Gasteiger partial charge >= 0.3 is 5.97 Å². The molecule has 0 bridgehead atoms. The van der Waals surface area contributed by atoms with Crippen molar-refractivity contribution in [1.82, 2.24) is 5.32 Å². The van der Waals surface area contributed by atoms with Crippen LogP contribution in [-0.2, 0) is 14.3 Å². The summed E-state index contributed by atoms with van der Waals surface area (Å²) in [5, 5.41) is 23.7. The predicted molar refractivity (Wildman–Crippen MR) is 255 cm³/mol. The predicted octanol–water partition coefficient (Wildman–Crippen LogP) is 15.7. The lowest BCUT2D eigenvalue weighted by atomic mass is 10.0. The third-order valence-electron chi connectivity index (χ3n) is 12.3. The molecule has 6 heteroatoms. The number of nitrogens with one attached hydrogen (secondary N) is 1. The molecule has 3 atom stereocenters. The Morgan fingerprint density at radius 3 is 1.20 bits per heavy atom. The van der Waals surface area contributed by atoms with E-state index in [1.807, 2.05) is 0 Å². The molecule has 3 unspecified atom stereocenters. The number of unbranched alkanes of at least 4 members (excludes halogenated alkanes) is 34. The van der Waals surface area contributed by atoms with Crippen molar-refractivity contribution < 1.29 is 24.5 Å². The van der Waals surface area contributed by atoms with Crippen molar-refractivity contribution in [3.63, 3.8) is 0 Å². The largest absolute Gasteiger partial charge is 0.462 e. The van der Waals surface area contributed by atoms with Crippen molar-refractivity contribution in [1.29, 1.82) is 0 Å². The molecule has 0 spiro atoms. The number of aliphatic hydroxyl groups excluding tert-OH is 2. The number of allylic oxidation sites excluding steroid dienone is 2. The van der Waals surface area contributed by atoms with Crippen molar-refractivity contribution in [3.05, 3.63) is 12.2 Å². The van der Waals surface area contributed by atoms with Gasteiger partial charge in [-0.25, -0.2) is 0 Å². The van der Waals surface area contributed by atoms with Gasteiger partial charge in [-0.3, -0.25) is 9.59 Å². The minimum absolute atomic E-state index is 0.0815. The summed E-state index contributed by atoms with van der Waals surface area (Å²) in [6, 6.07) is -0.695. The molecule has 0 aromatic rings. The minimum Gasteiger partial charge on any atom is -0.462 e. The van der Waals surface area contributed by atoms with Crippen molar-refractivity contribution in [2.75, 3.05) is 6.61 Å². The number of carbonyl (C=O) groups is 2. The molecule has 350 valence electrons. The molecule has 0 fully saturated rings. The van der Waals surface area contributed by atoms with Crippen LogP contribution in [-0.4, -0.2) is 46.9 Å². The number of amides is 1. The Balaban J connectivity index is 4.53. The molecule has 0 aliphatic carbocycles. The smallest absolute Gasteiger partial charge is 0.306 e. The summed E-state index contributed by atoms with van der Waals surface area (Å²) in [7, 11) is 0. The molecule has 0 saturated carbocycles. The molecule has 0 heterocycles. The van der Waals surface area contributed by atoms with E-state index in [9.17, 15) is 19.8 Å². The second-order valence-corrected chi connectivity index (χ2v) is 18.3. The van der Waals surface area contributed by atoms with Gasteiger partial charge in [-0.2, -0.15) is 0 Å². The highest BCUT2D eigenvalue weighted by atomic mass is 16.5. The highest BCUT2D eigenvalue weighted by Crippen LogP contribution is 2.18. The fourth-order valence-corrected chi connectivity index (χ4v) is 8.31. The quantitative estimate of drug-likeness (QED) is 0.0322. The summed E-state index contributed by atoms with van der Waals surface area (Å²) in [6.45, 7) is 6.49. The number of ether oxygens (including phenoxy) is 1. The maximum Gasteiger partial charge on any atom is 0.306 e. The average Bonchev–Trinajstić information content (AvgIpc) is 3.23. The fraction of sp³-hybridized carbons (Fsp3) is 0.925. The van der Waals surface area contributed by atoms with E-state index in [2.05, 4.69) is 38.2 Å². The van der Waals surface area contributed by atoms with Gasteiger partial charge in [-0.05, 0) is 51.4 Å². The van der Waals surface area contributed by atoms with Gasteiger partial charge in [0.1, 0.15) is 6.10 Å². The molecule has 59 heavy (non-hydrogen) atoms. The van der Waals surface area contributed by atoms with Crippen LogP contribution in [0.3, 0.4) is 0 Å². The second kappa shape index (κ2) is 47.6. The Labute approximate surface area is 368 Å². The Kier molecular flexibility index (Phi) is 46.5. The molecular formula is C53H103NO5. The van der Waals surface area contributed by atoms with Gasteiger partial charge in [0.05, 0.1) is 25.2 Å². The first-order chi connectivity index (χ1) is 29.0. The van der Waals surface area contributed by atoms with Gasteiger partial charge in [0.2, 0.25) is 5.91 Å². The Morgan fingerprint density at radius 2 is 0.814 bits per heavy atom. The highest BCUT2D eigenvalue weighted by Gasteiger charge is 2.24. The Hall–Kier alpha value is -1.40. The molecular weight excluding hydrogens is 731 g/mol. The van der Waals surface area contributed by atoms with Gasteiger partial charge in [-0.1, -0.05) is 238 Å². The summed E-state index contributed by atoms with van der Waals surface area (Å²) < 4.78 is 5.94. The molecule has 3 N–H and O–H groups in total. The molecule has 0 aromatic carbocycles. The number of hydrogen-bond acceptors (Lipinski definition) is 5. The van der Waals surface area contributed by atoms with Crippen molar-refractivity contribution in [3.8, 4) is 0 Å². The molecule has 6 nitrogen and oxygen atoms in total. The van der Waals surface area contributed by atoms with Gasteiger partial charge < -0.3 is 20.3 Å². The van der Waals surface area contributed by atoms with Crippen LogP contribution < -0.4 is 5.32 Å². The number of hydrogen-bond donors (Lipinski definition) is 3. The van der Waals surface area contributed by atoms with Gasteiger partial charge in [0.25, 0.3) is 0 Å². The molecule has 0 aliphatic heterocycles. The van der Waals surface area contributed by atoms with Crippen LogP contribution in [0.5, 0.6) is 0 Å². The van der Waals surface area contributed by atoms with Crippen LogP contribution >= 0.6 is 0 Å². The SMILES string of the molecule is CCCCCCCCC/C=C/CCCCCCCC(=O)OC(CCCCCCCCCCCCCCCC)CC(=O)NC(CO)C(O)CCCCCCCCCCCC. The summed E-state index contributed by atoms with van der Waals surface area (Å²) in [5.41, 5.74) is 0. The summed E-state index contributed by atoms with van der Waals surface area (Å²) in [4.78, 5) is 26.1. The zero-order chi connectivity index (χ0) is 43.1. The minimum atomic E-state index is -0.782. The van der Waals surface area contributed by atoms with Crippen LogP contribution in [0.2, 0.25) is 0 Å². The zero-order valence-corrected chi connectivity index (χ0v) is 39.9. The van der Waals surface area contributed by atoms with E-state index < -0.39 is 18.2 Å². The molecule has 0 saturated heterocycles. The number of carbonyl (C=O) groups excluding carboxylic acids is 2. The van der Waals surface area contributed by atoms with Gasteiger partial charge in [0, 0.05) is 6.42 Å². The zero-order valence-electron chi connectivity index (χ0n) is 39.9. The van der Waals surface area contributed by atoms with E-state index in [0.717, 1.165) is 51.4 Å². The van der Waals surface area contributed by atoms with Crippen LogP contribution in [0.1, 0.15) is 290 Å². The summed E-state index contributed by atoms with van der Waals surface area (Å²) in [5.74, 6) is -0.466. The van der Waals surface area contributed by atoms with Gasteiger partial charge in [-0.15, -0.1) is 0 Å². The molecule has 0 radical (unpaired) electrons. The lowest BCUT2D eigenvalue weighted by molar-refractivity contribution is -0.151. The van der Waals surface area contributed by atoms with Gasteiger partial charge in [0.15, 0.2) is 0 Å². The number of esters is 1. The highest BCUT2D eigenvalue weighted by molar-refractivity contribution is 5.77. The standard InChI is InChI=1S/C53H103NO5/c1-4-7-10-13-16-19-22-24-26-27-29-31-34-37-40-43-46-53(58)59-49(44-41-38-35-32-30-28-25-23-20-17-14-11-8-5-2)47-52(57)54-50(48-55)51(56)45-42-39-36-33-21-18-15-12-9-6-3/h26-27,49-51,55-56H,4-25,28-48H2,1-3H3,(H,54,57)/b27-26+. The van der Waals surface area contributed by atoms with Crippen LogP contribution in [0.25, 0.3) is 0 Å². The maximum atomic E-state index is 13.2. The molecule has 1 amide bonds. The van der Waals surface area contributed by atoms with Crippen molar-refractivity contribution >= 4 is 11.9 Å². The third kappa shape index (κ3) is 43.1. The first-order valence-electron chi connectivity index (χ1n) is 26.4. The second-order valence-electron chi connectivity index (χ2n) is 18.3. The Morgan fingerprint density at radius 1 is 0.475 bits per heavy atom. The van der Waals surface area contributed by atoms with Crippen molar-refractivity contribution in [2.24, 2.45) is 0 Å². The summed E-state index contributed by atoms with van der Waals surface area (Å²) >= 11 is 0. The van der Waals surface area contributed by atoms with E-state index in [1.165, 1.54) is 193 Å². The lowest BCUT2D eigenvalue weighted by Gasteiger charge is -2.24. The van der Waals surface area contributed by atoms with Crippen LogP contribution in [0.4, 0.5) is 0 Å². The van der Waals surface area contributed by atoms with E-state index in [0.29, 0.717) is 19.3 Å². The fourth-order valence-electron chi connectivity index (χ4n) is 8.31. The molecule has 0 aromatic heterocycles. The third-order valence-corrected chi connectivity index (χ3v) is 12.3. The topological polar surface area (TPSA) is 95.9 Å². The average molecular weight is 834 g/mol. The lowest BCUT2D eigenvalue weighted by Crippen LogP contribution is -2.46. The Bertz CT molecular complexity index is 893. The first kappa shape index (κ1) is 57.6. The summed E-state index contributed by atoms with van der Waals surface area (Å²) in [6.07, 6.45) is 52.7. The monoisotopic (exact) mass is 834 g/mol. The van der Waals surface area contributed by atoms with Crippen molar-refractivity contribution in [2.45, 2.75) is 309 Å². The van der Waals surface area contributed by atoms with E-state index in [-0.39, 0.29) is 24.9 Å². The normalized spacial score (nSPS) is 13.2. The van der Waals surface area contributed by atoms with E-state index in [4.69, 9.17) is 4.74 Å².